The van der Waals surface area contributed by atoms with E-state index in [1.165, 1.54) is 0 Å². The summed E-state index contributed by atoms with van der Waals surface area (Å²) in [6.45, 7) is 5.04. The molecule has 0 amide bonds. The zero-order chi connectivity index (χ0) is 17.7. The minimum atomic E-state index is -1.01. The number of aliphatic hydroxyl groups excluding tert-OH is 2. The van der Waals surface area contributed by atoms with Crippen LogP contribution in [-0.2, 0) is 9.53 Å². The van der Waals surface area contributed by atoms with E-state index in [1.807, 2.05) is 50.2 Å². The Hall–Kier alpha value is -2.17. The predicted molar refractivity (Wildman–Crippen MR) is 93.6 cm³/mol. The van der Waals surface area contributed by atoms with Gasteiger partial charge in [-0.3, -0.25) is 4.79 Å². The third kappa shape index (κ3) is 4.02. The van der Waals surface area contributed by atoms with Crippen LogP contribution >= 0.6 is 0 Å². The van der Waals surface area contributed by atoms with E-state index >= 15 is 0 Å². The van der Waals surface area contributed by atoms with Gasteiger partial charge in [0.1, 0.15) is 6.10 Å². The van der Waals surface area contributed by atoms with Crippen molar-refractivity contribution in [3.63, 3.8) is 0 Å². The zero-order valence-electron chi connectivity index (χ0n) is 14.3. The van der Waals surface area contributed by atoms with Crippen molar-refractivity contribution in [1.82, 2.24) is 0 Å². The Balaban J connectivity index is 2.57. The van der Waals surface area contributed by atoms with Crippen LogP contribution in [0.1, 0.15) is 43.9 Å². The largest absolute Gasteiger partial charge is 0.463 e. The van der Waals surface area contributed by atoms with Crippen LogP contribution in [0.25, 0.3) is 11.1 Å². The third-order valence-corrected chi connectivity index (χ3v) is 3.90. The Kier molecular flexibility index (Phi) is 6.12. The first-order chi connectivity index (χ1) is 11.5. The number of benzene rings is 2. The first kappa shape index (κ1) is 18.2. The maximum Gasteiger partial charge on any atom is 0.313 e. The number of ether oxygens (including phenoxy) is 1. The van der Waals surface area contributed by atoms with Crippen molar-refractivity contribution < 1.29 is 19.7 Å². The van der Waals surface area contributed by atoms with Crippen molar-refractivity contribution in [3.8, 4) is 11.1 Å². The van der Waals surface area contributed by atoms with Crippen molar-refractivity contribution in [1.29, 1.82) is 0 Å². The minimum Gasteiger partial charge on any atom is -0.463 e. The maximum atomic E-state index is 12.4. The van der Waals surface area contributed by atoms with Gasteiger partial charge in [0.2, 0.25) is 0 Å². The van der Waals surface area contributed by atoms with Gasteiger partial charge in [-0.15, -0.1) is 0 Å². The smallest absolute Gasteiger partial charge is 0.313 e. The lowest BCUT2D eigenvalue weighted by atomic mass is 9.86. The molecule has 2 N–H and O–H groups in total. The Morgan fingerprint density at radius 2 is 1.62 bits per heavy atom. The molecule has 128 valence electrons. The second-order valence-electron chi connectivity index (χ2n) is 6.08. The highest BCUT2D eigenvalue weighted by Crippen LogP contribution is 2.36. The molecule has 0 saturated carbocycles. The molecule has 2 atom stereocenters. The fraction of sp³-hybridized carbons (Fsp3) is 0.350. The summed E-state index contributed by atoms with van der Waals surface area (Å²) in [6.07, 6.45) is -1.19. The molecule has 0 saturated heterocycles. The molecular formula is C20H24O4. The molecule has 4 heteroatoms. The molecule has 0 aliphatic carbocycles. The molecule has 2 aromatic rings. The number of esters is 1. The summed E-state index contributed by atoms with van der Waals surface area (Å²) < 4.78 is 5.33. The summed E-state index contributed by atoms with van der Waals surface area (Å²) in [5, 5.41) is 19.6. The number of rotatable bonds is 6. The average Bonchev–Trinajstić information content (AvgIpc) is 2.59. The highest BCUT2D eigenvalue weighted by atomic mass is 16.5. The number of aliphatic hydroxyl groups is 2. The van der Waals surface area contributed by atoms with Gasteiger partial charge in [-0.1, -0.05) is 48.5 Å². The van der Waals surface area contributed by atoms with E-state index in [0.717, 1.165) is 16.7 Å². The molecule has 2 unspecified atom stereocenters. The number of hydrogen-bond donors (Lipinski definition) is 2. The van der Waals surface area contributed by atoms with Gasteiger partial charge in [-0.2, -0.15) is 0 Å². The highest BCUT2D eigenvalue weighted by Gasteiger charge is 2.24. The lowest BCUT2D eigenvalue weighted by Crippen LogP contribution is -2.19. The first-order valence-electron chi connectivity index (χ1n) is 8.13. The van der Waals surface area contributed by atoms with Crippen molar-refractivity contribution in [3.05, 3.63) is 59.7 Å². The molecule has 0 spiro atoms. The van der Waals surface area contributed by atoms with E-state index in [9.17, 15) is 15.0 Å². The monoisotopic (exact) mass is 328 g/mol. The quantitative estimate of drug-likeness (QED) is 0.797. The van der Waals surface area contributed by atoms with Crippen LogP contribution in [0, 0.1) is 0 Å². The Morgan fingerprint density at radius 3 is 2.21 bits per heavy atom. The summed E-state index contributed by atoms with van der Waals surface area (Å²) in [7, 11) is 0. The predicted octanol–water partition coefficient (Wildman–Crippen LogP) is 3.43. The Bertz CT molecular complexity index is 679. The third-order valence-electron chi connectivity index (χ3n) is 3.90. The van der Waals surface area contributed by atoms with Gasteiger partial charge in [0.15, 0.2) is 0 Å². The SMILES string of the molecule is CC(C)OC(=O)C(C)c1cccc(C(O)CO)c1-c1ccccc1. The van der Waals surface area contributed by atoms with Crippen LogP contribution < -0.4 is 0 Å². The van der Waals surface area contributed by atoms with Crippen LogP contribution in [0.4, 0.5) is 0 Å². The van der Waals surface area contributed by atoms with Crippen LogP contribution in [0.3, 0.4) is 0 Å². The molecule has 0 heterocycles. The van der Waals surface area contributed by atoms with Gasteiger partial charge in [0.05, 0.1) is 18.6 Å². The Morgan fingerprint density at radius 1 is 1.00 bits per heavy atom. The van der Waals surface area contributed by atoms with Crippen LogP contribution in [-0.4, -0.2) is 28.9 Å². The molecule has 2 aromatic carbocycles. The van der Waals surface area contributed by atoms with Gasteiger partial charge in [0.25, 0.3) is 0 Å². The van der Waals surface area contributed by atoms with E-state index in [1.54, 1.807) is 19.1 Å². The average molecular weight is 328 g/mol. The van der Waals surface area contributed by atoms with E-state index in [4.69, 9.17) is 4.74 Å². The van der Waals surface area contributed by atoms with Crippen LogP contribution in [0.15, 0.2) is 48.5 Å². The van der Waals surface area contributed by atoms with Gasteiger partial charge in [-0.25, -0.2) is 0 Å². The standard InChI is InChI=1S/C20H24O4/c1-13(2)24-20(23)14(3)16-10-7-11-17(18(22)12-21)19(16)15-8-5-4-6-9-15/h4-11,13-14,18,21-22H,12H2,1-3H3. The van der Waals surface area contributed by atoms with Crippen molar-refractivity contribution in [2.45, 2.75) is 38.9 Å². The van der Waals surface area contributed by atoms with Crippen LogP contribution in [0.5, 0.6) is 0 Å². The topological polar surface area (TPSA) is 66.8 Å². The maximum absolute atomic E-state index is 12.4. The van der Waals surface area contributed by atoms with E-state index < -0.39 is 12.0 Å². The summed E-state index contributed by atoms with van der Waals surface area (Å²) in [6, 6.07) is 15.0. The van der Waals surface area contributed by atoms with Gasteiger partial charge in [0, 0.05) is 0 Å². The molecule has 0 fully saturated rings. The lowest BCUT2D eigenvalue weighted by molar-refractivity contribution is -0.148. The fourth-order valence-electron chi connectivity index (χ4n) is 2.73. The van der Waals surface area contributed by atoms with Crippen LogP contribution in [0.2, 0.25) is 0 Å². The highest BCUT2D eigenvalue weighted by molar-refractivity contribution is 5.83. The molecule has 4 nitrogen and oxygen atoms in total. The summed E-state index contributed by atoms with van der Waals surface area (Å²) in [5.41, 5.74) is 3.04. The molecule has 0 aromatic heterocycles. The van der Waals surface area contributed by atoms with Crippen molar-refractivity contribution in [2.24, 2.45) is 0 Å². The summed E-state index contributed by atoms with van der Waals surface area (Å²) in [5.74, 6) is -0.786. The fourth-order valence-corrected chi connectivity index (χ4v) is 2.73. The Labute approximate surface area is 142 Å². The number of carbonyl (C=O) groups is 1. The van der Waals surface area contributed by atoms with E-state index in [2.05, 4.69) is 0 Å². The van der Waals surface area contributed by atoms with Gasteiger partial charge in [-0.05, 0) is 43.0 Å². The molecule has 2 rings (SSSR count). The number of carbonyl (C=O) groups excluding carboxylic acids is 1. The van der Waals surface area contributed by atoms with E-state index in [-0.39, 0.29) is 18.7 Å². The minimum absolute atomic E-state index is 0.189. The van der Waals surface area contributed by atoms with Gasteiger partial charge < -0.3 is 14.9 Å². The second kappa shape index (κ2) is 8.08. The molecule has 0 bridgehead atoms. The summed E-state index contributed by atoms with van der Waals surface area (Å²) >= 11 is 0. The summed E-state index contributed by atoms with van der Waals surface area (Å²) in [4.78, 5) is 12.4. The number of hydrogen-bond acceptors (Lipinski definition) is 4. The molecule has 0 radical (unpaired) electrons. The normalized spacial score (nSPS) is 13.6. The van der Waals surface area contributed by atoms with E-state index in [0.29, 0.717) is 5.56 Å². The van der Waals surface area contributed by atoms with Crippen molar-refractivity contribution in [2.75, 3.05) is 6.61 Å². The molecule has 24 heavy (non-hydrogen) atoms. The lowest BCUT2D eigenvalue weighted by Gasteiger charge is -2.22. The molecular weight excluding hydrogens is 304 g/mol. The first-order valence-corrected chi connectivity index (χ1v) is 8.13. The van der Waals surface area contributed by atoms with Gasteiger partial charge >= 0.3 is 5.97 Å². The molecule has 0 aliphatic heterocycles. The van der Waals surface area contributed by atoms with Crippen molar-refractivity contribution >= 4 is 5.97 Å². The zero-order valence-corrected chi connectivity index (χ0v) is 14.3. The molecule has 0 aliphatic rings. The second-order valence-corrected chi connectivity index (χ2v) is 6.08.